The number of carbonyl (C=O) groups is 3. The van der Waals surface area contributed by atoms with E-state index in [1.165, 1.54) is 6.42 Å². The van der Waals surface area contributed by atoms with Gasteiger partial charge in [0.2, 0.25) is 0 Å². The zero-order valence-corrected chi connectivity index (χ0v) is 21.0. The second-order valence-corrected chi connectivity index (χ2v) is 15.0. The summed E-state index contributed by atoms with van der Waals surface area (Å²) in [6, 6.07) is 0. The first kappa shape index (κ1) is 26.2. The van der Waals surface area contributed by atoms with Crippen molar-refractivity contribution in [1.29, 1.82) is 0 Å². The molecule has 0 unspecified atom stereocenters. The molecule has 158 valence electrons. The van der Waals surface area contributed by atoms with E-state index in [1.54, 1.807) is 41.5 Å². The fourth-order valence-electron chi connectivity index (χ4n) is 2.15. The van der Waals surface area contributed by atoms with Crippen molar-refractivity contribution in [2.75, 3.05) is 0 Å². The Morgan fingerprint density at radius 3 is 1.30 bits per heavy atom. The third-order valence-corrected chi connectivity index (χ3v) is 11.2. The molecule has 0 aliphatic heterocycles. The molecule has 0 aliphatic carbocycles. The molecule has 6 nitrogen and oxygen atoms in total. The predicted molar refractivity (Wildman–Crippen MR) is 107 cm³/mol. The van der Waals surface area contributed by atoms with Crippen molar-refractivity contribution in [3.8, 4) is 0 Å². The van der Waals surface area contributed by atoms with Gasteiger partial charge in [0.25, 0.3) is 0 Å². The maximum atomic E-state index is 12.3. The van der Waals surface area contributed by atoms with E-state index in [1.807, 2.05) is 0 Å². The molecule has 0 saturated heterocycles. The normalized spacial score (nSPS) is 11.8. The van der Waals surface area contributed by atoms with Gasteiger partial charge in [-0.1, -0.05) is 0 Å². The Bertz CT molecular complexity index is 418. The first-order valence-electron chi connectivity index (χ1n) is 10.2. The number of rotatable bonds is 13. The fourth-order valence-corrected chi connectivity index (χ4v) is 9.97. The van der Waals surface area contributed by atoms with Gasteiger partial charge in [-0.25, -0.2) is 0 Å². The topological polar surface area (TPSA) is 78.9 Å². The molecule has 7 heteroatoms. The van der Waals surface area contributed by atoms with Crippen LogP contribution in [0.3, 0.4) is 0 Å². The Morgan fingerprint density at radius 1 is 0.630 bits per heavy atom. The van der Waals surface area contributed by atoms with E-state index < -0.39 is 37.5 Å². The summed E-state index contributed by atoms with van der Waals surface area (Å²) in [7, 11) is 0. The van der Waals surface area contributed by atoms with Gasteiger partial charge in [-0.15, -0.1) is 0 Å². The summed E-state index contributed by atoms with van der Waals surface area (Å²) in [6.07, 6.45) is 6.18. The average molecular weight is 493 g/mol. The van der Waals surface area contributed by atoms with Crippen LogP contribution in [-0.4, -0.2) is 37.5 Å². The summed E-state index contributed by atoms with van der Waals surface area (Å²) in [4.78, 5) is 36.8. The zero-order valence-electron chi connectivity index (χ0n) is 18.1. The average Bonchev–Trinajstić information content (AvgIpc) is 2.57. The minimum absolute atomic E-state index is 0.343. The molecule has 0 amide bonds. The van der Waals surface area contributed by atoms with Crippen LogP contribution in [0.1, 0.15) is 87.0 Å². The molecule has 0 aromatic rings. The van der Waals surface area contributed by atoms with E-state index in [0.717, 1.165) is 25.7 Å². The number of carbonyl (C=O) groups excluding carboxylic acids is 3. The maximum absolute atomic E-state index is 12.3. The third-order valence-electron chi connectivity index (χ3n) is 4.02. The first-order chi connectivity index (χ1) is 12.5. The number of hydrogen-bond acceptors (Lipinski definition) is 6. The van der Waals surface area contributed by atoms with E-state index in [9.17, 15) is 14.4 Å². The van der Waals surface area contributed by atoms with Gasteiger partial charge in [-0.05, 0) is 0 Å². The molecule has 0 fully saturated rings. The quantitative estimate of drug-likeness (QED) is 0.269. The molecule has 0 radical (unpaired) electrons. The Labute approximate surface area is 170 Å². The minimum atomic E-state index is -4.71. The first-order valence-corrected chi connectivity index (χ1v) is 15.7. The Kier molecular flexibility index (Phi) is 13.0. The Hall–Kier alpha value is -0.791. The van der Waals surface area contributed by atoms with Crippen LogP contribution < -0.4 is 0 Å². The van der Waals surface area contributed by atoms with Gasteiger partial charge in [-0.3, -0.25) is 0 Å². The summed E-state index contributed by atoms with van der Waals surface area (Å²) >= 11 is -4.71. The SMILES string of the molecule is CCCCCCC[CH2][Sn]([O]C(=O)C(C)C)([O]C(=O)C(C)C)[O]C(=O)C(C)C. The van der Waals surface area contributed by atoms with E-state index in [2.05, 4.69) is 6.92 Å². The van der Waals surface area contributed by atoms with Crippen LogP contribution in [-0.2, 0) is 23.6 Å². The molecular weight excluding hydrogens is 455 g/mol. The molecule has 0 heterocycles. The van der Waals surface area contributed by atoms with Crippen molar-refractivity contribution in [2.24, 2.45) is 17.8 Å². The summed E-state index contributed by atoms with van der Waals surface area (Å²) in [5.41, 5.74) is 0. The second kappa shape index (κ2) is 13.4. The molecule has 0 N–H and O–H groups in total. The van der Waals surface area contributed by atoms with E-state index >= 15 is 0 Å². The Morgan fingerprint density at radius 2 is 0.963 bits per heavy atom. The monoisotopic (exact) mass is 494 g/mol. The molecule has 0 atom stereocenters. The van der Waals surface area contributed by atoms with Crippen molar-refractivity contribution in [1.82, 2.24) is 0 Å². The molecule has 0 saturated carbocycles. The van der Waals surface area contributed by atoms with Crippen molar-refractivity contribution >= 4 is 37.5 Å². The van der Waals surface area contributed by atoms with E-state index in [0.29, 0.717) is 10.9 Å². The van der Waals surface area contributed by atoms with Gasteiger partial charge in [0.15, 0.2) is 0 Å². The van der Waals surface area contributed by atoms with Gasteiger partial charge in [-0.2, -0.15) is 0 Å². The zero-order chi connectivity index (χ0) is 21.0. The van der Waals surface area contributed by atoms with Crippen LogP contribution in [0.2, 0.25) is 4.44 Å². The van der Waals surface area contributed by atoms with Gasteiger partial charge in [0.1, 0.15) is 0 Å². The molecular formula is C20H38O6Sn. The molecule has 0 aromatic heterocycles. The summed E-state index contributed by atoms with van der Waals surface area (Å²) < 4.78 is 17.3. The predicted octanol–water partition coefficient (Wildman–Crippen LogP) is 4.88. The molecule has 27 heavy (non-hydrogen) atoms. The molecule has 0 bridgehead atoms. The van der Waals surface area contributed by atoms with Gasteiger partial charge >= 0.3 is 170 Å². The van der Waals surface area contributed by atoms with Gasteiger partial charge in [0, 0.05) is 0 Å². The molecule has 0 aliphatic rings. The summed E-state index contributed by atoms with van der Waals surface area (Å²) in [6.45, 7) is 12.4. The van der Waals surface area contributed by atoms with Crippen LogP contribution >= 0.6 is 0 Å². The van der Waals surface area contributed by atoms with Crippen LogP contribution in [0.15, 0.2) is 0 Å². The Balaban J connectivity index is 5.38. The van der Waals surface area contributed by atoms with Crippen LogP contribution in [0.5, 0.6) is 0 Å². The second-order valence-electron chi connectivity index (χ2n) is 7.93. The van der Waals surface area contributed by atoms with E-state index in [-0.39, 0.29) is 17.8 Å². The van der Waals surface area contributed by atoms with Crippen LogP contribution in [0.4, 0.5) is 0 Å². The van der Waals surface area contributed by atoms with Gasteiger partial charge in [0.05, 0.1) is 0 Å². The van der Waals surface area contributed by atoms with Gasteiger partial charge < -0.3 is 0 Å². The van der Waals surface area contributed by atoms with Crippen molar-refractivity contribution in [2.45, 2.75) is 91.4 Å². The molecule has 0 aromatic carbocycles. The number of hydrogen-bond donors (Lipinski definition) is 0. The van der Waals surface area contributed by atoms with Crippen LogP contribution in [0, 0.1) is 17.8 Å². The standard InChI is InChI=1S/C8H17.3C4H8O2.Sn/c1-3-5-7-8-6-4-2;3*1-3(2)4(5)6;/h1,3-8H2,2H3;3*3H,1-2H3,(H,5,6);/q;;;;+3/p-3. The third kappa shape index (κ3) is 11.0. The van der Waals surface area contributed by atoms with Crippen molar-refractivity contribution in [3.05, 3.63) is 0 Å². The van der Waals surface area contributed by atoms with Crippen molar-refractivity contribution in [3.63, 3.8) is 0 Å². The molecule has 0 rings (SSSR count). The fraction of sp³-hybridized carbons (Fsp3) is 0.850. The van der Waals surface area contributed by atoms with Crippen LogP contribution in [0.25, 0.3) is 0 Å². The summed E-state index contributed by atoms with van der Waals surface area (Å²) in [5, 5.41) is 0. The summed E-state index contributed by atoms with van der Waals surface area (Å²) in [5.74, 6) is -2.61. The number of unbranched alkanes of at least 4 members (excludes halogenated alkanes) is 5. The van der Waals surface area contributed by atoms with E-state index in [4.69, 9.17) is 9.22 Å². The molecule has 0 spiro atoms. The van der Waals surface area contributed by atoms with Crippen molar-refractivity contribution < 1.29 is 23.6 Å².